The lowest BCUT2D eigenvalue weighted by Crippen LogP contribution is -2.34. The molecule has 30 heavy (non-hydrogen) atoms. The molecule has 1 saturated heterocycles. The highest BCUT2D eigenvalue weighted by Gasteiger charge is 2.40. The van der Waals surface area contributed by atoms with Gasteiger partial charge < -0.3 is 14.2 Å². The van der Waals surface area contributed by atoms with Crippen LogP contribution in [0.5, 0.6) is 0 Å². The second-order valence-electron chi connectivity index (χ2n) is 6.91. The van der Waals surface area contributed by atoms with E-state index in [1.165, 1.54) is 24.6 Å². The van der Waals surface area contributed by atoms with Crippen LogP contribution in [0.3, 0.4) is 0 Å². The minimum absolute atomic E-state index is 0.0265. The van der Waals surface area contributed by atoms with Crippen molar-refractivity contribution in [1.29, 1.82) is 0 Å². The Balaban J connectivity index is 1.92. The minimum Gasteiger partial charge on any atom is -0.463 e. The smallest absolute Gasteiger partial charge is 0.351 e. The number of hydrogen-bond acceptors (Lipinski definition) is 9. The number of aromatic nitrogens is 2. The molecule has 1 fully saturated rings. The number of rotatable bonds is 7. The first kappa shape index (κ1) is 21.5. The van der Waals surface area contributed by atoms with Gasteiger partial charge in [0.25, 0.3) is 0 Å². The molecule has 2 aromatic rings. The van der Waals surface area contributed by atoms with Gasteiger partial charge in [0.1, 0.15) is 12.7 Å². The maximum atomic E-state index is 12.6. The summed E-state index contributed by atoms with van der Waals surface area (Å²) in [7, 11) is 0. The molecule has 1 aromatic carbocycles. The molecular formula is C20H23N3O7. The van der Waals surface area contributed by atoms with Crippen LogP contribution in [0.2, 0.25) is 0 Å². The summed E-state index contributed by atoms with van der Waals surface area (Å²) in [4.78, 5) is 39.1. The molecule has 10 heteroatoms. The molecule has 1 aromatic heterocycles. The first-order chi connectivity index (χ1) is 14.4. The van der Waals surface area contributed by atoms with Gasteiger partial charge in [-0.1, -0.05) is 30.3 Å². The Labute approximate surface area is 172 Å². The molecule has 0 spiro atoms. The van der Waals surface area contributed by atoms with Gasteiger partial charge in [0, 0.05) is 38.4 Å². The Hall–Kier alpha value is -3.24. The third kappa shape index (κ3) is 5.22. The van der Waals surface area contributed by atoms with E-state index in [4.69, 9.17) is 14.2 Å². The summed E-state index contributed by atoms with van der Waals surface area (Å²) in [5.74, 6) is -0.965. The van der Waals surface area contributed by atoms with Crippen molar-refractivity contribution in [3.05, 3.63) is 58.1 Å². The number of nitrogens with one attached hydrogen (secondary N) is 1. The monoisotopic (exact) mass is 417 g/mol. The third-order valence-corrected chi connectivity index (χ3v) is 4.58. The van der Waals surface area contributed by atoms with Gasteiger partial charge in [0.05, 0.1) is 6.10 Å². The Morgan fingerprint density at radius 2 is 2.00 bits per heavy atom. The SMILES string of the molecule is CC(=O)OC[C@@H]1C[C@@H](OC(C)=O)[C@H](n2cc(Cc3ccccc3)c(NO)nc2=O)O1. The summed E-state index contributed by atoms with van der Waals surface area (Å²) in [5, 5.41) is 9.40. The Morgan fingerprint density at radius 1 is 1.27 bits per heavy atom. The quantitative estimate of drug-likeness (QED) is 0.507. The number of nitrogens with zero attached hydrogens (tertiary/aromatic N) is 2. The van der Waals surface area contributed by atoms with E-state index in [2.05, 4.69) is 4.98 Å². The predicted molar refractivity (Wildman–Crippen MR) is 104 cm³/mol. The van der Waals surface area contributed by atoms with Gasteiger partial charge in [-0.2, -0.15) is 4.98 Å². The molecule has 3 rings (SSSR count). The van der Waals surface area contributed by atoms with E-state index in [0.717, 1.165) is 5.56 Å². The number of esters is 2. The zero-order chi connectivity index (χ0) is 21.7. The molecule has 2 N–H and O–H groups in total. The van der Waals surface area contributed by atoms with Gasteiger partial charge in [-0.05, 0) is 5.56 Å². The fourth-order valence-corrected chi connectivity index (χ4v) is 3.33. The molecule has 0 aliphatic carbocycles. The number of carbonyl (C=O) groups excluding carboxylic acids is 2. The van der Waals surface area contributed by atoms with Crippen LogP contribution in [0.4, 0.5) is 5.82 Å². The molecule has 0 saturated carbocycles. The summed E-state index contributed by atoms with van der Waals surface area (Å²) >= 11 is 0. The Bertz CT molecular complexity index is 961. The third-order valence-electron chi connectivity index (χ3n) is 4.58. The van der Waals surface area contributed by atoms with Crippen LogP contribution < -0.4 is 11.2 Å². The van der Waals surface area contributed by atoms with Gasteiger partial charge in [0.15, 0.2) is 12.0 Å². The van der Waals surface area contributed by atoms with Crippen LogP contribution in [0.1, 0.15) is 37.6 Å². The van der Waals surface area contributed by atoms with Gasteiger partial charge in [0.2, 0.25) is 0 Å². The lowest BCUT2D eigenvalue weighted by molar-refractivity contribution is -0.153. The van der Waals surface area contributed by atoms with Crippen molar-refractivity contribution >= 4 is 17.8 Å². The average molecular weight is 417 g/mol. The lowest BCUT2D eigenvalue weighted by atomic mass is 10.1. The van der Waals surface area contributed by atoms with E-state index in [0.29, 0.717) is 12.0 Å². The molecule has 0 unspecified atom stereocenters. The molecule has 160 valence electrons. The highest BCUT2D eigenvalue weighted by Crippen LogP contribution is 2.31. The highest BCUT2D eigenvalue weighted by molar-refractivity contribution is 5.66. The van der Waals surface area contributed by atoms with Crippen molar-refractivity contribution in [1.82, 2.24) is 9.55 Å². The van der Waals surface area contributed by atoms with E-state index in [1.54, 1.807) is 0 Å². The first-order valence-corrected chi connectivity index (χ1v) is 9.39. The van der Waals surface area contributed by atoms with Crippen LogP contribution in [-0.4, -0.2) is 45.5 Å². The van der Waals surface area contributed by atoms with Crippen molar-refractivity contribution < 1.29 is 29.0 Å². The predicted octanol–water partition coefficient (Wildman–Crippen LogP) is 1.42. The van der Waals surface area contributed by atoms with Crippen LogP contribution in [0.25, 0.3) is 0 Å². The van der Waals surface area contributed by atoms with Crippen LogP contribution in [0.15, 0.2) is 41.3 Å². The molecule has 0 radical (unpaired) electrons. The topological polar surface area (TPSA) is 129 Å². The maximum Gasteiger partial charge on any atom is 0.351 e. The normalized spacial score (nSPS) is 20.6. The van der Waals surface area contributed by atoms with E-state index >= 15 is 0 Å². The second-order valence-corrected chi connectivity index (χ2v) is 6.91. The zero-order valence-corrected chi connectivity index (χ0v) is 16.6. The van der Waals surface area contributed by atoms with Crippen LogP contribution >= 0.6 is 0 Å². The largest absolute Gasteiger partial charge is 0.463 e. The average Bonchev–Trinajstić information content (AvgIpc) is 3.10. The Morgan fingerprint density at radius 3 is 2.63 bits per heavy atom. The first-order valence-electron chi connectivity index (χ1n) is 9.39. The summed E-state index contributed by atoms with van der Waals surface area (Å²) in [6.45, 7) is 2.51. The van der Waals surface area contributed by atoms with Crippen molar-refractivity contribution in [3.8, 4) is 0 Å². The fourth-order valence-electron chi connectivity index (χ4n) is 3.33. The molecule has 1 aliphatic rings. The standard InChI is InChI=1S/C20H23N3O7/c1-12(24)28-11-16-9-17(29-13(2)25)19(30-16)23-10-15(18(22-27)21-20(23)26)8-14-6-4-3-5-7-14/h3-7,10,16-17,19,27H,8-9,11H2,1-2H3,(H,21,22,26)/t16-,17+,19+/m0/s1. The van der Waals surface area contributed by atoms with E-state index < -0.39 is 36.1 Å². The number of benzene rings is 1. The van der Waals surface area contributed by atoms with Crippen LogP contribution in [0, 0.1) is 0 Å². The Kier molecular flexibility index (Phi) is 6.80. The van der Waals surface area contributed by atoms with E-state index in [9.17, 15) is 19.6 Å². The number of anilines is 1. The number of ether oxygens (including phenoxy) is 3. The fraction of sp³-hybridized carbons (Fsp3) is 0.400. The van der Waals surface area contributed by atoms with Crippen molar-refractivity contribution in [2.75, 3.05) is 12.1 Å². The molecule has 2 heterocycles. The van der Waals surface area contributed by atoms with Crippen molar-refractivity contribution in [2.24, 2.45) is 0 Å². The maximum absolute atomic E-state index is 12.6. The molecule has 0 amide bonds. The van der Waals surface area contributed by atoms with Crippen LogP contribution in [-0.2, 0) is 30.2 Å². The zero-order valence-electron chi connectivity index (χ0n) is 16.6. The highest BCUT2D eigenvalue weighted by atomic mass is 16.6. The van der Waals surface area contributed by atoms with Gasteiger partial charge in [-0.15, -0.1) is 0 Å². The molecule has 3 atom stereocenters. The van der Waals surface area contributed by atoms with Crippen molar-refractivity contribution in [3.63, 3.8) is 0 Å². The summed E-state index contributed by atoms with van der Waals surface area (Å²) in [6.07, 6.45) is -0.118. The summed E-state index contributed by atoms with van der Waals surface area (Å²) in [6, 6.07) is 9.44. The molecule has 1 aliphatic heterocycles. The van der Waals surface area contributed by atoms with Crippen molar-refractivity contribution in [2.45, 2.75) is 45.1 Å². The van der Waals surface area contributed by atoms with Gasteiger partial charge >= 0.3 is 17.6 Å². The van der Waals surface area contributed by atoms with E-state index in [1.807, 2.05) is 35.8 Å². The number of hydrogen-bond donors (Lipinski definition) is 2. The van der Waals surface area contributed by atoms with E-state index in [-0.39, 0.29) is 18.8 Å². The van der Waals surface area contributed by atoms with Gasteiger partial charge in [-0.3, -0.25) is 24.8 Å². The number of carbonyl (C=O) groups is 2. The summed E-state index contributed by atoms with van der Waals surface area (Å²) < 4.78 is 17.4. The molecule has 10 nitrogen and oxygen atoms in total. The molecular weight excluding hydrogens is 394 g/mol. The minimum atomic E-state index is -0.947. The second kappa shape index (κ2) is 9.51. The molecule has 0 bridgehead atoms. The summed E-state index contributed by atoms with van der Waals surface area (Å²) in [5.41, 5.74) is 2.74. The van der Waals surface area contributed by atoms with Gasteiger partial charge in [-0.25, -0.2) is 4.79 Å². The lowest BCUT2D eigenvalue weighted by Gasteiger charge is -2.21.